The third-order valence-corrected chi connectivity index (χ3v) is 3.90. The molecule has 0 spiro atoms. The average Bonchev–Trinajstić information content (AvgIpc) is 3.01. The fourth-order valence-electron chi connectivity index (χ4n) is 2.55. The fourth-order valence-corrected chi connectivity index (χ4v) is 2.55. The summed E-state index contributed by atoms with van der Waals surface area (Å²) >= 11 is 0. The van der Waals surface area contributed by atoms with Crippen molar-refractivity contribution >= 4 is 5.91 Å². The van der Waals surface area contributed by atoms with E-state index >= 15 is 0 Å². The van der Waals surface area contributed by atoms with E-state index in [1.165, 1.54) is 0 Å². The van der Waals surface area contributed by atoms with Gasteiger partial charge in [-0.1, -0.05) is 5.16 Å². The van der Waals surface area contributed by atoms with E-state index in [1.807, 2.05) is 33.3 Å². The van der Waals surface area contributed by atoms with Crippen molar-refractivity contribution in [2.24, 2.45) is 13.0 Å². The van der Waals surface area contributed by atoms with Crippen molar-refractivity contribution in [3.05, 3.63) is 35.0 Å². The zero-order chi connectivity index (χ0) is 14.3. The lowest BCUT2D eigenvalue weighted by Crippen LogP contribution is -2.25. The minimum atomic E-state index is 0.0691. The Bertz CT molecular complexity index is 624. The third-order valence-electron chi connectivity index (χ3n) is 3.90. The van der Waals surface area contributed by atoms with Gasteiger partial charge in [0.1, 0.15) is 5.76 Å². The molecule has 2 aromatic heterocycles. The summed E-state index contributed by atoms with van der Waals surface area (Å²) in [5.41, 5.74) is 2.95. The van der Waals surface area contributed by atoms with Crippen LogP contribution >= 0.6 is 0 Å². The van der Waals surface area contributed by atoms with Gasteiger partial charge in [-0.3, -0.25) is 9.48 Å². The van der Waals surface area contributed by atoms with Crippen molar-refractivity contribution in [3.63, 3.8) is 0 Å². The third kappa shape index (κ3) is 2.33. The SMILES string of the molecule is Cc1noc(C)c1CNC(=O)[C@@H]1C[C@@H]1c1cnn(C)c1. The van der Waals surface area contributed by atoms with Crippen LogP contribution in [0, 0.1) is 19.8 Å². The van der Waals surface area contributed by atoms with Gasteiger partial charge in [0.25, 0.3) is 0 Å². The molecule has 1 saturated carbocycles. The predicted molar refractivity (Wildman–Crippen MR) is 71.9 cm³/mol. The number of aromatic nitrogens is 3. The molecule has 1 aliphatic carbocycles. The first-order valence-corrected chi connectivity index (χ1v) is 6.74. The highest BCUT2D eigenvalue weighted by atomic mass is 16.5. The van der Waals surface area contributed by atoms with Crippen molar-refractivity contribution in [1.82, 2.24) is 20.3 Å². The Hall–Kier alpha value is -2.11. The second-order valence-corrected chi connectivity index (χ2v) is 5.42. The van der Waals surface area contributed by atoms with Crippen molar-refractivity contribution in [3.8, 4) is 0 Å². The molecule has 2 aromatic rings. The Morgan fingerprint density at radius 2 is 2.35 bits per heavy atom. The van der Waals surface area contributed by atoms with Crippen LogP contribution in [0.25, 0.3) is 0 Å². The Kier molecular flexibility index (Phi) is 3.08. The van der Waals surface area contributed by atoms with Crippen LogP contribution in [0.2, 0.25) is 0 Å². The van der Waals surface area contributed by atoms with E-state index in [4.69, 9.17) is 4.52 Å². The Morgan fingerprint density at radius 1 is 1.55 bits per heavy atom. The molecule has 106 valence electrons. The van der Waals surface area contributed by atoms with Gasteiger partial charge in [-0.05, 0) is 31.7 Å². The van der Waals surface area contributed by atoms with E-state index in [2.05, 4.69) is 15.6 Å². The maximum Gasteiger partial charge on any atom is 0.224 e. The maximum atomic E-state index is 12.1. The van der Waals surface area contributed by atoms with Gasteiger partial charge >= 0.3 is 0 Å². The zero-order valence-corrected chi connectivity index (χ0v) is 11.9. The molecule has 0 aromatic carbocycles. The minimum Gasteiger partial charge on any atom is -0.361 e. The number of rotatable bonds is 4. The van der Waals surface area contributed by atoms with Gasteiger partial charge in [-0.25, -0.2) is 0 Å². The fraction of sp³-hybridized carbons (Fsp3) is 0.500. The van der Waals surface area contributed by atoms with Crippen molar-refractivity contribution < 1.29 is 9.32 Å². The summed E-state index contributed by atoms with van der Waals surface area (Å²) < 4.78 is 6.85. The number of nitrogens with one attached hydrogen (secondary N) is 1. The van der Waals surface area contributed by atoms with Gasteiger partial charge in [0.15, 0.2) is 0 Å². The molecule has 2 heterocycles. The summed E-state index contributed by atoms with van der Waals surface area (Å²) in [6.45, 7) is 4.22. The minimum absolute atomic E-state index is 0.0691. The van der Waals surface area contributed by atoms with Crippen LogP contribution in [0.3, 0.4) is 0 Å². The van der Waals surface area contributed by atoms with Crippen molar-refractivity contribution in [2.45, 2.75) is 32.7 Å². The molecule has 1 N–H and O–H groups in total. The van der Waals surface area contributed by atoms with Gasteiger partial charge < -0.3 is 9.84 Å². The van der Waals surface area contributed by atoms with Crippen molar-refractivity contribution in [2.75, 3.05) is 0 Å². The zero-order valence-electron chi connectivity index (χ0n) is 11.9. The Labute approximate surface area is 117 Å². The smallest absolute Gasteiger partial charge is 0.224 e. The van der Waals surface area contributed by atoms with Gasteiger partial charge in [0.05, 0.1) is 11.9 Å². The molecule has 1 amide bonds. The maximum absolute atomic E-state index is 12.1. The van der Waals surface area contributed by atoms with Crippen LogP contribution in [0.1, 0.15) is 34.9 Å². The monoisotopic (exact) mass is 274 g/mol. The molecule has 20 heavy (non-hydrogen) atoms. The van der Waals surface area contributed by atoms with Gasteiger partial charge in [0, 0.05) is 31.3 Å². The number of aryl methyl sites for hydroxylation is 3. The standard InChI is InChI=1S/C14H18N4O2/c1-8-13(9(2)20-17-8)6-15-14(19)12-4-11(12)10-5-16-18(3)7-10/h5,7,11-12H,4,6H2,1-3H3,(H,15,19)/t11-,12-/m1/s1. The highest BCUT2D eigenvalue weighted by Gasteiger charge is 2.44. The van der Waals surface area contributed by atoms with E-state index in [1.54, 1.807) is 4.68 Å². The van der Waals surface area contributed by atoms with E-state index in [-0.39, 0.29) is 11.8 Å². The first-order chi connectivity index (χ1) is 9.56. The van der Waals surface area contributed by atoms with E-state index in [0.29, 0.717) is 12.5 Å². The molecular formula is C14H18N4O2. The number of hydrogen-bond acceptors (Lipinski definition) is 4. The predicted octanol–water partition coefficient (Wildman–Crippen LogP) is 1.44. The number of carbonyl (C=O) groups excluding carboxylic acids is 1. The average molecular weight is 274 g/mol. The van der Waals surface area contributed by atoms with Crippen LogP contribution in [-0.2, 0) is 18.4 Å². The lowest BCUT2D eigenvalue weighted by molar-refractivity contribution is -0.122. The first kappa shape index (κ1) is 12.9. The summed E-state index contributed by atoms with van der Waals surface area (Å²) in [5.74, 6) is 1.24. The second kappa shape index (κ2) is 4.77. The summed E-state index contributed by atoms with van der Waals surface area (Å²) in [6, 6.07) is 0. The molecule has 2 atom stereocenters. The second-order valence-electron chi connectivity index (χ2n) is 5.42. The van der Waals surface area contributed by atoms with Crippen LogP contribution in [0.15, 0.2) is 16.9 Å². The quantitative estimate of drug-likeness (QED) is 0.915. The topological polar surface area (TPSA) is 73.0 Å². The molecule has 0 radical (unpaired) electrons. The van der Waals surface area contributed by atoms with Crippen LogP contribution in [0.5, 0.6) is 0 Å². The number of carbonyl (C=O) groups is 1. The molecule has 0 bridgehead atoms. The molecular weight excluding hydrogens is 256 g/mol. The highest BCUT2D eigenvalue weighted by Crippen LogP contribution is 2.47. The van der Waals surface area contributed by atoms with E-state index in [0.717, 1.165) is 29.0 Å². The van der Waals surface area contributed by atoms with Gasteiger partial charge in [-0.15, -0.1) is 0 Å². The highest BCUT2D eigenvalue weighted by molar-refractivity contribution is 5.82. The van der Waals surface area contributed by atoms with Crippen LogP contribution < -0.4 is 5.32 Å². The molecule has 3 rings (SSSR count). The molecule has 0 saturated heterocycles. The summed E-state index contributed by atoms with van der Waals surface area (Å²) in [5, 5.41) is 11.0. The summed E-state index contributed by atoms with van der Waals surface area (Å²) in [4.78, 5) is 12.1. The summed E-state index contributed by atoms with van der Waals surface area (Å²) in [6.07, 6.45) is 4.72. The molecule has 6 nitrogen and oxygen atoms in total. The van der Waals surface area contributed by atoms with Crippen LogP contribution in [0.4, 0.5) is 0 Å². The molecule has 6 heteroatoms. The number of nitrogens with zero attached hydrogens (tertiary/aromatic N) is 3. The Balaban J connectivity index is 1.57. The van der Waals surface area contributed by atoms with E-state index < -0.39 is 0 Å². The molecule has 0 unspecified atom stereocenters. The normalized spacial score (nSPS) is 20.9. The summed E-state index contributed by atoms with van der Waals surface area (Å²) in [7, 11) is 1.89. The van der Waals surface area contributed by atoms with Crippen LogP contribution in [-0.4, -0.2) is 20.8 Å². The molecule has 1 fully saturated rings. The van der Waals surface area contributed by atoms with E-state index in [9.17, 15) is 4.79 Å². The molecule has 0 aliphatic heterocycles. The van der Waals surface area contributed by atoms with Gasteiger partial charge in [-0.2, -0.15) is 5.10 Å². The number of hydrogen-bond donors (Lipinski definition) is 1. The molecule has 1 aliphatic rings. The lowest BCUT2D eigenvalue weighted by Gasteiger charge is -2.04. The largest absolute Gasteiger partial charge is 0.361 e. The first-order valence-electron chi connectivity index (χ1n) is 6.74. The van der Waals surface area contributed by atoms with Gasteiger partial charge in [0.2, 0.25) is 5.91 Å². The Morgan fingerprint density at radius 3 is 2.95 bits per heavy atom. The van der Waals surface area contributed by atoms with Crippen molar-refractivity contribution in [1.29, 1.82) is 0 Å². The lowest BCUT2D eigenvalue weighted by atomic mass is 10.2. The number of amides is 1.